The number of aromatic amines is 2. The fourth-order valence-corrected chi connectivity index (χ4v) is 19.4. The molecule has 14 rings (SSSR count). The number of fused-ring (bicyclic) bond motifs is 6. The van der Waals surface area contributed by atoms with E-state index in [1.807, 2.05) is 0 Å². The van der Waals surface area contributed by atoms with Gasteiger partial charge < -0.3 is 130 Å². The molecule has 0 spiro atoms. The van der Waals surface area contributed by atoms with Crippen LogP contribution in [0.5, 0.6) is 11.5 Å². The Kier molecular flexibility index (Phi) is 27.3. The molecule has 62 heteroatoms. The van der Waals surface area contributed by atoms with Gasteiger partial charge in [-0.25, -0.2) is 56.5 Å². The lowest BCUT2D eigenvalue weighted by atomic mass is 9.90. The minimum atomic E-state index is -5.95. The number of phenols is 2. The second kappa shape index (κ2) is 37.4. The minimum absolute atomic E-state index is 0.107. The Bertz CT molecular complexity index is 7050. The van der Waals surface area contributed by atoms with Gasteiger partial charge in [0.25, 0.3) is 22.9 Å². The summed E-state index contributed by atoms with van der Waals surface area (Å²) in [6.45, 7) is -3.71. The quantitative estimate of drug-likeness (QED) is 0.0174. The predicted octanol–water partition coefficient (Wildman–Crippen LogP) is 2.22. The molecule has 4 unspecified atom stereocenters. The van der Waals surface area contributed by atoms with Crippen molar-refractivity contribution >= 4 is 139 Å². The molecule has 0 radical (unpaired) electrons. The lowest BCUT2D eigenvalue weighted by Gasteiger charge is -2.22. The number of phosphoric ester groups is 2. The number of aliphatic hydroxyl groups excluding tert-OH is 2. The van der Waals surface area contributed by atoms with E-state index in [2.05, 4.69) is 77.5 Å². The van der Waals surface area contributed by atoms with E-state index < -0.39 is 162 Å². The topological polar surface area (TPSA) is 868 Å². The standard InChI is InChI=1S/2C34H32N7O21P3/c35-33-39-28-25(30(46)40-33)38-13-41(28)31-26(44)27(23(59-31)12-57-64(53,54)62-65(55,56)61-63(50,51)52)60-34(49)37-8-7-36-29(45)14-1-4-17(20(9-14)32(47)48)24-18-5-2-15(42)10-21(18)58-22-11-16(43)3-6-19(22)24;35-33-39-28-25(30(46)40-33)38-13-41(28)31-27(26(44)23(59-31)12-57-64(53,54)62-65(55,56)61-63(50,51)52)60-34(49)37-8-7-36-29(45)14-1-4-17(20(9-14)32(47)48)24-18-5-2-15(42)10-21(18)58-22-11-16(43)3-6-19(22)24/h2*1-6,9-11,13,23,26-27,31,42,44H,7-8,12H2,(H,36,45)(H,37,49)(H,47,48)(H,53,54)(H,55,56)(H2,50,51,52)(H3,35,39,40,46)/t2*23-,26-,27-,31-/m11/s1. The molecule has 56 nitrogen and oxygen atoms in total. The fraction of sp³-hybridized carbons (Fsp3) is 0.206. The normalized spacial score (nSPS) is 19.5. The van der Waals surface area contributed by atoms with Crippen molar-refractivity contribution in [3.05, 3.63) is 185 Å². The molecule has 2 fully saturated rings. The number of carboxylic acid groups (broad SMARTS) is 2. The van der Waals surface area contributed by atoms with Crippen molar-refractivity contribution in [1.82, 2.24) is 60.3 Å². The van der Waals surface area contributed by atoms with Gasteiger partial charge in [0.2, 0.25) is 11.9 Å². The third-order valence-corrected chi connectivity index (χ3v) is 26.1. The Balaban J connectivity index is 0.000000222. The molecule has 6 aliphatic rings. The van der Waals surface area contributed by atoms with Crippen LogP contribution in [0.2, 0.25) is 0 Å². The number of rotatable bonds is 30. The monoisotopic (exact) mass is 1930 g/mol. The number of phenolic OH excluding ortho intramolecular Hbond substituents is 2. The van der Waals surface area contributed by atoms with Gasteiger partial charge in [-0.05, 0) is 83.9 Å². The van der Waals surface area contributed by atoms with Crippen LogP contribution in [0.4, 0.5) is 21.5 Å². The van der Waals surface area contributed by atoms with Gasteiger partial charge in [0.05, 0.1) is 37.0 Å². The number of alkyl carbamates (subject to hydrolysis) is 2. The zero-order valence-electron chi connectivity index (χ0n) is 64.6. The fourth-order valence-electron chi connectivity index (χ4n) is 13.3. The summed E-state index contributed by atoms with van der Waals surface area (Å²) in [5.74, 6) is -5.26. The molecule has 4 aromatic carbocycles. The molecule has 130 heavy (non-hydrogen) atoms. The number of benzene rings is 6. The van der Waals surface area contributed by atoms with Crippen molar-refractivity contribution in [2.24, 2.45) is 0 Å². The first-order valence-corrected chi connectivity index (χ1v) is 45.3. The lowest BCUT2D eigenvalue weighted by Crippen LogP contribution is -2.42. The summed E-state index contributed by atoms with van der Waals surface area (Å²) >= 11 is 0. The number of nitrogens with zero attached hydrogens (tertiary/aromatic N) is 6. The molecule has 2 aliphatic carbocycles. The van der Waals surface area contributed by atoms with Crippen LogP contribution < -0.4 is 54.7 Å². The molecular weight excluding hydrogens is 1870 g/mol. The van der Waals surface area contributed by atoms with Gasteiger partial charge in [0.15, 0.2) is 57.8 Å². The first-order valence-electron chi connectivity index (χ1n) is 36.3. The van der Waals surface area contributed by atoms with Crippen molar-refractivity contribution in [2.45, 2.75) is 49.1 Å². The second-order valence-corrected chi connectivity index (χ2v) is 36.1. The smallest absolute Gasteiger partial charge is 0.490 e. The van der Waals surface area contributed by atoms with E-state index in [4.69, 9.17) is 58.8 Å². The highest BCUT2D eigenvalue weighted by molar-refractivity contribution is 7.67. The van der Waals surface area contributed by atoms with Crippen LogP contribution in [0.1, 0.15) is 53.9 Å². The summed E-state index contributed by atoms with van der Waals surface area (Å²) in [6.07, 6.45) is -15.0. The summed E-state index contributed by atoms with van der Waals surface area (Å²) < 4.78 is 130. The molecule has 688 valence electrons. The van der Waals surface area contributed by atoms with Gasteiger partial charge in [0.1, 0.15) is 58.6 Å². The molecule has 0 bridgehead atoms. The van der Waals surface area contributed by atoms with Crippen LogP contribution in [-0.2, 0) is 72.6 Å². The summed E-state index contributed by atoms with van der Waals surface area (Å²) in [4.78, 5) is 221. The third kappa shape index (κ3) is 22.0. The molecule has 8 heterocycles. The number of phosphoric acid groups is 6. The number of nitrogens with one attached hydrogen (secondary N) is 6. The van der Waals surface area contributed by atoms with E-state index in [0.717, 1.165) is 33.9 Å². The summed E-state index contributed by atoms with van der Waals surface area (Å²) in [5, 5.41) is 73.4. The van der Waals surface area contributed by atoms with Crippen LogP contribution in [0.15, 0.2) is 150 Å². The van der Waals surface area contributed by atoms with E-state index in [1.165, 1.54) is 97.1 Å². The van der Waals surface area contributed by atoms with Crippen LogP contribution in [0.25, 0.3) is 89.2 Å². The number of imidazole rings is 2. The molecule has 4 aromatic heterocycles. The Morgan fingerprint density at radius 3 is 1.28 bits per heavy atom. The maximum absolute atomic E-state index is 13.2. The van der Waals surface area contributed by atoms with Gasteiger partial charge in [-0.1, -0.05) is 12.1 Å². The highest BCUT2D eigenvalue weighted by Crippen LogP contribution is 2.68. The van der Waals surface area contributed by atoms with Crippen molar-refractivity contribution in [3.63, 3.8) is 0 Å². The highest BCUT2D eigenvalue weighted by atomic mass is 31.3. The number of carboxylic acids is 2. The van der Waals surface area contributed by atoms with Crippen molar-refractivity contribution < 1.29 is 180 Å². The molecule has 24 N–H and O–H groups in total. The second-order valence-electron chi connectivity index (χ2n) is 27.3. The number of ether oxygens (including phenoxy) is 4. The van der Waals surface area contributed by atoms with Crippen LogP contribution >= 0.6 is 46.9 Å². The average molecular weight is 1940 g/mol. The number of hydrogen-bond acceptors (Lipinski definition) is 38. The Labute approximate surface area is 718 Å². The van der Waals surface area contributed by atoms with Gasteiger partial charge in [0, 0.05) is 94.6 Å². The van der Waals surface area contributed by atoms with Crippen molar-refractivity contribution in [1.29, 1.82) is 0 Å². The Morgan fingerprint density at radius 1 is 0.462 bits per heavy atom. The summed E-state index contributed by atoms with van der Waals surface area (Å²) in [7, 11) is -34.8. The van der Waals surface area contributed by atoms with E-state index in [9.17, 15) is 126 Å². The lowest BCUT2D eigenvalue weighted by molar-refractivity contribution is -0.0522. The molecule has 0 saturated carbocycles. The van der Waals surface area contributed by atoms with E-state index in [-0.39, 0.29) is 133 Å². The van der Waals surface area contributed by atoms with E-state index in [1.54, 1.807) is 0 Å². The number of carbonyl (C=O) groups excluding carboxylic acids is 4. The van der Waals surface area contributed by atoms with Crippen LogP contribution in [-0.4, -0.2) is 221 Å². The van der Waals surface area contributed by atoms with Crippen LogP contribution in [0, 0.1) is 0 Å². The number of anilines is 2. The Hall–Kier alpha value is -12.8. The van der Waals surface area contributed by atoms with Crippen molar-refractivity contribution in [3.8, 4) is 56.4 Å². The number of aromatic hydroxyl groups is 2. The largest absolute Gasteiger partial charge is 0.508 e. The van der Waals surface area contributed by atoms with E-state index in [0.29, 0.717) is 33.0 Å². The number of aromatic nitrogens is 8. The zero-order valence-corrected chi connectivity index (χ0v) is 70.0. The number of amides is 4. The summed E-state index contributed by atoms with van der Waals surface area (Å²) in [5.41, 5.74) is 8.98. The summed E-state index contributed by atoms with van der Waals surface area (Å²) in [6, 6.07) is 23.8. The van der Waals surface area contributed by atoms with Crippen LogP contribution in [0.3, 0.4) is 0 Å². The molecular formula is C68H64N14O42P6. The number of aliphatic hydroxyl groups is 2. The Morgan fingerprint density at radius 2 is 0.854 bits per heavy atom. The van der Waals surface area contributed by atoms with Gasteiger partial charge >= 0.3 is 71.1 Å². The maximum atomic E-state index is 13.2. The van der Waals surface area contributed by atoms with Gasteiger partial charge in [-0.2, -0.15) is 27.2 Å². The number of carbonyl (C=O) groups is 6. The molecule has 4 aliphatic heterocycles. The number of hydrogen-bond donors (Lipinski definition) is 22. The molecule has 4 amide bonds. The third-order valence-electron chi connectivity index (χ3n) is 18.5. The predicted molar refractivity (Wildman–Crippen MR) is 432 cm³/mol. The van der Waals surface area contributed by atoms with Crippen molar-refractivity contribution in [2.75, 3.05) is 50.9 Å². The average Bonchev–Trinajstić information content (AvgIpc) is 1.01. The minimum Gasteiger partial charge on any atom is -0.508 e. The first kappa shape index (κ1) is 94.8. The van der Waals surface area contributed by atoms with Gasteiger partial charge in [-0.15, -0.1) is 0 Å². The maximum Gasteiger partial charge on any atom is 0.490 e. The highest BCUT2D eigenvalue weighted by Gasteiger charge is 2.52. The number of H-pyrrole nitrogens is 2. The van der Waals surface area contributed by atoms with Gasteiger partial charge in [-0.3, -0.25) is 56.9 Å². The SMILES string of the molecule is Nc1nc2c(ncn2[C@@H]2O[C@H](COP(=O)(O)OP(=O)(O)OP(=O)(O)O)[C@@H](O)[C@H]2OC(=O)NCCNC(=O)c2ccc(-c3c4ccc(=O)cc-4oc4cc(O)ccc34)c(C(=O)O)c2)c(=O)[nH]1.Nc1nc2c(ncn2[C@@H]2O[C@H](COP(=O)(O)OP(=O)(O)OP(=O)(O)O)[C@@H](OC(=O)NCCNC(=O)c3ccc(-c4c5ccc(=O)cc-5oc5cc(O)ccc45)c(C(=O)O)c3)[C@H]2O)c(=O)[nH]1. The molecule has 2 saturated heterocycles. The first-order chi connectivity index (χ1) is 61.0. The number of nitrogen functional groups attached to an aromatic ring is 2. The number of aromatic carboxylic acids is 2. The van der Waals surface area contributed by atoms with E-state index >= 15 is 0 Å². The zero-order chi connectivity index (χ0) is 94.3. The molecule has 12 atom stereocenters. The number of nitrogens with two attached hydrogens (primary N) is 2. The molecule has 8 aromatic rings.